The van der Waals surface area contributed by atoms with E-state index in [1.807, 2.05) is 35.9 Å². The van der Waals surface area contributed by atoms with Crippen LogP contribution in [-0.2, 0) is 9.59 Å². The van der Waals surface area contributed by atoms with E-state index in [1.54, 1.807) is 12.2 Å². The summed E-state index contributed by atoms with van der Waals surface area (Å²) in [4.78, 5) is 32.9. The zero-order chi connectivity index (χ0) is 18.2. The largest absolute Gasteiger partial charge is 0.339 e. The predicted molar refractivity (Wildman–Crippen MR) is 100 cm³/mol. The number of allylic oxidation sites excluding steroid dienone is 3. The SMILES string of the molecule is C/C=C/C=C/C(=O)N(C)C1CCN(CC(=O)N2CCN(C)CC2)CC1. The summed E-state index contributed by atoms with van der Waals surface area (Å²) < 4.78 is 0. The number of rotatable bonds is 5. The molecule has 0 spiro atoms. The van der Waals surface area contributed by atoms with Crippen LogP contribution in [0.5, 0.6) is 0 Å². The molecule has 2 aliphatic heterocycles. The van der Waals surface area contributed by atoms with Gasteiger partial charge >= 0.3 is 0 Å². The Balaban J connectivity index is 1.73. The lowest BCUT2D eigenvalue weighted by Crippen LogP contribution is -2.52. The van der Waals surface area contributed by atoms with Gasteiger partial charge in [-0.1, -0.05) is 18.2 Å². The number of hydrogen-bond acceptors (Lipinski definition) is 4. The van der Waals surface area contributed by atoms with Gasteiger partial charge in [-0.2, -0.15) is 0 Å². The number of carbonyl (C=O) groups excluding carboxylic acids is 2. The summed E-state index contributed by atoms with van der Waals surface area (Å²) in [7, 11) is 3.97. The minimum Gasteiger partial charge on any atom is -0.339 e. The lowest BCUT2D eigenvalue weighted by atomic mass is 10.0. The number of likely N-dealkylation sites (N-methyl/N-ethyl adjacent to an activating group) is 2. The van der Waals surface area contributed by atoms with Gasteiger partial charge in [-0.3, -0.25) is 14.5 Å². The Morgan fingerprint density at radius 3 is 2.28 bits per heavy atom. The van der Waals surface area contributed by atoms with Gasteiger partial charge in [0.1, 0.15) is 0 Å². The maximum absolute atomic E-state index is 12.4. The molecular formula is C19H32N4O2. The van der Waals surface area contributed by atoms with Crippen LogP contribution < -0.4 is 0 Å². The summed E-state index contributed by atoms with van der Waals surface area (Å²) in [5, 5.41) is 0. The molecule has 0 aromatic carbocycles. The first-order valence-electron chi connectivity index (χ1n) is 9.26. The molecule has 0 aliphatic carbocycles. The van der Waals surface area contributed by atoms with E-state index in [1.165, 1.54) is 0 Å². The molecule has 25 heavy (non-hydrogen) atoms. The molecule has 0 atom stereocenters. The van der Waals surface area contributed by atoms with Gasteiger partial charge in [0.2, 0.25) is 11.8 Å². The molecule has 2 rings (SSSR count). The average Bonchev–Trinajstić information content (AvgIpc) is 2.62. The van der Waals surface area contributed by atoms with Crippen molar-refractivity contribution in [3.05, 3.63) is 24.3 Å². The molecule has 0 aromatic rings. The van der Waals surface area contributed by atoms with Crippen LogP contribution in [0, 0.1) is 0 Å². The highest BCUT2D eigenvalue weighted by molar-refractivity contribution is 5.87. The average molecular weight is 348 g/mol. The Bertz CT molecular complexity index is 502. The highest BCUT2D eigenvalue weighted by Crippen LogP contribution is 2.16. The lowest BCUT2D eigenvalue weighted by Gasteiger charge is -2.38. The molecule has 6 nitrogen and oxygen atoms in total. The van der Waals surface area contributed by atoms with Gasteiger partial charge in [0.15, 0.2) is 0 Å². The fraction of sp³-hybridized carbons (Fsp3) is 0.684. The quantitative estimate of drug-likeness (QED) is 0.545. The van der Waals surface area contributed by atoms with Crippen molar-refractivity contribution >= 4 is 11.8 Å². The maximum atomic E-state index is 12.4. The summed E-state index contributed by atoms with van der Waals surface area (Å²) in [5.41, 5.74) is 0. The maximum Gasteiger partial charge on any atom is 0.246 e. The molecule has 0 bridgehead atoms. The van der Waals surface area contributed by atoms with Gasteiger partial charge in [0, 0.05) is 58.4 Å². The Morgan fingerprint density at radius 1 is 1.04 bits per heavy atom. The van der Waals surface area contributed by atoms with Crippen LogP contribution in [0.2, 0.25) is 0 Å². The van der Waals surface area contributed by atoms with E-state index in [2.05, 4.69) is 16.8 Å². The second-order valence-corrected chi connectivity index (χ2v) is 7.03. The van der Waals surface area contributed by atoms with Crippen molar-refractivity contribution in [2.75, 3.05) is 59.9 Å². The lowest BCUT2D eigenvalue weighted by molar-refractivity contribution is -0.135. The van der Waals surface area contributed by atoms with Crippen LogP contribution >= 0.6 is 0 Å². The molecule has 140 valence electrons. The zero-order valence-electron chi connectivity index (χ0n) is 15.9. The van der Waals surface area contributed by atoms with Crippen molar-refractivity contribution in [1.29, 1.82) is 0 Å². The number of piperidine rings is 1. The predicted octanol–water partition coefficient (Wildman–Crippen LogP) is 0.816. The van der Waals surface area contributed by atoms with E-state index < -0.39 is 0 Å². The normalized spacial score (nSPS) is 21.3. The van der Waals surface area contributed by atoms with Crippen LogP contribution in [0.3, 0.4) is 0 Å². The summed E-state index contributed by atoms with van der Waals surface area (Å²) >= 11 is 0. The molecule has 2 fully saturated rings. The Morgan fingerprint density at radius 2 is 1.68 bits per heavy atom. The number of piperazine rings is 1. The summed E-state index contributed by atoms with van der Waals surface area (Å²) in [6, 6.07) is 0.262. The third-order valence-electron chi connectivity index (χ3n) is 5.21. The number of hydrogen-bond donors (Lipinski definition) is 0. The summed E-state index contributed by atoms with van der Waals surface area (Å²) in [6.45, 7) is 7.78. The second-order valence-electron chi connectivity index (χ2n) is 7.03. The monoisotopic (exact) mass is 348 g/mol. The van der Waals surface area contributed by atoms with Crippen LogP contribution in [-0.4, -0.2) is 97.4 Å². The molecule has 0 unspecified atom stereocenters. The summed E-state index contributed by atoms with van der Waals surface area (Å²) in [6.07, 6.45) is 9.01. The van der Waals surface area contributed by atoms with Crippen LogP contribution in [0.25, 0.3) is 0 Å². The molecule has 6 heteroatoms. The second kappa shape index (κ2) is 9.73. The smallest absolute Gasteiger partial charge is 0.246 e. The number of amides is 2. The Labute approximate surface area is 151 Å². The van der Waals surface area contributed by atoms with E-state index in [9.17, 15) is 9.59 Å². The Hall–Kier alpha value is -1.66. The van der Waals surface area contributed by atoms with Gasteiger partial charge in [0.25, 0.3) is 0 Å². The zero-order valence-corrected chi connectivity index (χ0v) is 15.9. The van der Waals surface area contributed by atoms with E-state index in [0.717, 1.165) is 52.1 Å². The van der Waals surface area contributed by atoms with E-state index in [0.29, 0.717) is 6.54 Å². The third-order valence-corrected chi connectivity index (χ3v) is 5.21. The number of carbonyl (C=O) groups is 2. The number of nitrogens with zero attached hydrogens (tertiary/aromatic N) is 4. The van der Waals surface area contributed by atoms with Gasteiger partial charge < -0.3 is 14.7 Å². The van der Waals surface area contributed by atoms with E-state index >= 15 is 0 Å². The first-order valence-corrected chi connectivity index (χ1v) is 9.26. The number of likely N-dealkylation sites (tertiary alicyclic amines) is 1. The molecule has 0 saturated carbocycles. The van der Waals surface area contributed by atoms with Crippen molar-refractivity contribution in [1.82, 2.24) is 19.6 Å². The molecule has 0 aromatic heterocycles. The van der Waals surface area contributed by atoms with Crippen LogP contribution in [0.15, 0.2) is 24.3 Å². The topological polar surface area (TPSA) is 47.1 Å². The van der Waals surface area contributed by atoms with Crippen LogP contribution in [0.4, 0.5) is 0 Å². The van der Waals surface area contributed by atoms with Gasteiger partial charge in [-0.05, 0) is 26.8 Å². The van der Waals surface area contributed by atoms with Crippen molar-refractivity contribution in [2.45, 2.75) is 25.8 Å². The fourth-order valence-electron chi connectivity index (χ4n) is 3.36. The molecule has 2 amide bonds. The fourth-order valence-corrected chi connectivity index (χ4v) is 3.36. The van der Waals surface area contributed by atoms with E-state index in [-0.39, 0.29) is 17.9 Å². The van der Waals surface area contributed by atoms with Gasteiger partial charge in [-0.15, -0.1) is 0 Å². The first-order chi connectivity index (χ1) is 12.0. The van der Waals surface area contributed by atoms with Crippen molar-refractivity contribution < 1.29 is 9.59 Å². The minimum absolute atomic E-state index is 0.0464. The van der Waals surface area contributed by atoms with Crippen LogP contribution in [0.1, 0.15) is 19.8 Å². The minimum atomic E-state index is 0.0464. The molecule has 2 aliphatic rings. The van der Waals surface area contributed by atoms with Crippen molar-refractivity contribution in [3.8, 4) is 0 Å². The first kappa shape index (κ1) is 19.7. The highest BCUT2D eigenvalue weighted by Gasteiger charge is 2.27. The Kier molecular flexibility index (Phi) is 7.65. The van der Waals surface area contributed by atoms with Gasteiger partial charge in [0.05, 0.1) is 6.54 Å². The van der Waals surface area contributed by atoms with E-state index in [4.69, 9.17) is 0 Å². The molecule has 0 radical (unpaired) electrons. The standard InChI is InChI=1S/C19H32N4O2/c1-4-5-6-7-18(24)21(3)17-8-10-22(11-9-17)16-19(25)23-14-12-20(2)13-15-23/h4-7,17H,8-16H2,1-3H3/b5-4+,7-6+. The molecule has 2 saturated heterocycles. The summed E-state index contributed by atoms with van der Waals surface area (Å²) in [5.74, 6) is 0.287. The van der Waals surface area contributed by atoms with Crippen molar-refractivity contribution in [3.63, 3.8) is 0 Å². The highest BCUT2D eigenvalue weighted by atomic mass is 16.2. The van der Waals surface area contributed by atoms with Crippen molar-refractivity contribution in [2.24, 2.45) is 0 Å². The third kappa shape index (κ3) is 5.97. The van der Waals surface area contributed by atoms with Gasteiger partial charge in [-0.25, -0.2) is 0 Å². The molecular weight excluding hydrogens is 316 g/mol. The molecule has 2 heterocycles. The molecule has 0 N–H and O–H groups in total.